The summed E-state index contributed by atoms with van der Waals surface area (Å²) in [5, 5.41) is 29.3. The molecule has 0 spiro atoms. The monoisotopic (exact) mass is 248 g/mol. The maximum atomic E-state index is 10.0. The van der Waals surface area contributed by atoms with Crippen molar-refractivity contribution in [3.05, 3.63) is 0 Å². The molecule has 5 heteroatoms. The zero-order chi connectivity index (χ0) is 13.2. The summed E-state index contributed by atoms with van der Waals surface area (Å²) in [4.78, 5) is 0. The lowest BCUT2D eigenvalue weighted by Crippen LogP contribution is -2.61. The molecule has 0 saturated carbocycles. The van der Waals surface area contributed by atoms with Gasteiger partial charge in [0, 0.05) is 0 Å². The summed E-state index contributed by atoms with van der Waals surface area (Å²) in [5.41, 5.74) is 0. The van der Waals surface area contributed by atoms with Gasteiger partial charge in [-0.2, -0.15) is 0 Å². The number of rotatable bonds is 4. The third kappa shape index (κ3) is 3.39. The van der Waals surface area contributed by atoms with Crippen LogP contribution in [0.2, 0.25) is 0 Å². The van der Waals surface area contributed by atoms with Crippen molar-refractivity contribution in [2.45, 2.75) is 64.3 Å². The Morgan fingerprint density at radius 3 is 2.12 bits per heavy atom. The fourth-order valence-electron chi connectivity index (χ4n) is 2.15. The van der Waals surface area contributed by atoms with Crippen LogP contribution in [-0.2, 0) is 9.47 Å². The molecule has 1 fully saturated rings. The highest BCUT2D eigenvalue weighted by molar-refractivity contribution is 4.94. The van der Waals surface area contributed by atoms with Crippen LogP contribution in [0.25, 0.3) is 0 Å². The standard InChI is InChI=1S/C12H24O5/c1-6(2)11-9(14)10(15)12(16-7(3)4)8(5-13)17-11/h6-15H,5H2,1-4H3. The molecule has 5 unspecified atom stereocenters. The molecule has 1 aliphatic heterocycles. The van der Waals surface area contributed by atoms with Crippen LogP contribution < -0.4 is 0 Å². The van der Waals surface area contributed by atoms with Gasteiger partial charge in [0.15, 0.2) is 0 Å². The maximum Gasteiger partial charge on any atom is 0.115 e. The summed E-state index contributed by atoms with van der Waals surface area (Å²) in [6.07, 6.45) is -3.88. The first-order valence-electron chi connectivity index (χ1n) is 6.16. The van der Waals surface area contributed by atoms with Gasteiger partial charge in [0.05, 0.1) is 18.8 Å². The minimum atomic E-state index is -1.03. The molecule has 0 aromatic carbocycles. The second kappa shape index (κ2) is 6.11. The van der Waals surface area contributed by atoms with E-state index in [4.69, 9.17) is 9.47 Å². The highest BCUT2D eigenvalue weighted by atomic mass is 16.6. The van der Waals surface area contributed by atoms with Crippen LogP contribution in [0.5, 0.6) is 0 Å². The van der Waals surface area contributed by atoms with Gasteiger partial charge in [0.2, 0.25) is 0 Å². The largest absolute Gasteiger partial charge is 0.394 e. The summed E-state index contributed by atoms with van der Waals surface area (Å²) < 4.78 is 11.1. The fraction of sp³-hybridized carbons (Fsp3) is 1.00. The van der Waals surface area contributed by atoms with E-state index in [-0.39, 0.29) is 18.6 Å². The van der Waals surface area contributed by atoms with Gasteiger partial charge in [-0.1, -0.05) is 13.8 Å². The summed E-state index contributed by atoms with van der Waals surface area (Å²) in [7, 11) is 0. The number of aliphatic hydroxyl groups excluding tert-OH is 3. The summed E-state index contributed by atoms with van der Waals surface area (Å²) >= 11 is 0. The van der Waals surface area contributed by atoms with Gasteiger partial charge in [-0.15, -0.1) is 0 Å². The first kappa shape index (κ1) is 14.9. The minimum absolute atomic E-state index is 0.0636. The molecule has 0 amide bonds. The average molecular weight is 248 g/mol. The Morgan fingerprint density at radius 1 is 1.12 bits per heavy atom. The van der Waals surface area contributed by atoms with Crippen LogP contribution in [0, 0.1) is 5.92 Å². The topological polar surface area (TPSA) is 79.2 Å². The molecule has 5 nitrogen and oxygen atoms in total. The summed E-state index contributed by atoms with van der Waals surface area (Å²) in [5.74, 6) is 0.0636. The molecule has 1 aliphatic rings. The number of hydrogen-bond donors (Lipinski definition) is 3. The lowest BCUT2D eigenvalue weighted by Gasteiger charge is -2.44. The maximum absolute atomic E-state index is 10.0. The molecule has 0 radical (unpaired) electrons. The van der Waals surface area contributed by atoms with Crippen LogP contribution >= 0.6 is 0 Å². The quantitative estimate of drug-likeness (QED) is 0.648. The Morgan fingerprint density at radius 2 is 1.71 bits per heavy atom. The second-order valence-corrected chi connectivity index (χ2v) is 5.20. The van der Waals surface area contributed by atoms with E-state index >= 15 is 0 Å². The molecule has 0 bridgehead atoms. The van der Waals surface area contributed by atoms with E-state index in [1.807, 2.05) is 27.7 Å². The number of ether oxygens (including phenoxy) is 2. The van der Waals surface area contributed by atoms with E-state index in [0.717, 1.165) is 0 Å². The summed E-state index contributed by atoms with van der Waals surface area (Å²) in [6, 6.07) is 0. The molecule has 3 N–H and O–H groups in total. The Kier molecular flexibility index (Phi) is 5.34. The first-order valence-corrected chi connectivity index (χ1v) is 6.16. The van der Waals surface area contributed by atoms with Gasteiger partial charge in [-0.05, 0) is 19.8 Å². The highest BCUT2D eigenvalue weighted by Crippen LogP contribution is 2.28. The normalized spacial score (nSPS) is 39.0. The SMILES string of the molecule is CC(C)OC1C(CO)OC(C(C)C)C(O)C1O. The Bertz CT molecular complexity index is 229. The zero-order valence-electron chi connectivity index (χ0n) is 10.9. The fourth-order valence-corrected chi connectivity index (χ4v) is 2.15. The van der Waals surface area contributed by atoms with Gasteiger partial charge in [0.25, 0.3) is 0 Å². The Labute approximate surface area is 102 Å². The van der Waals surface area contributed by atoms with Crippen molar-refractivity contribution < 1.29 is 24.8 Å². The van der Waals surface area contributed by atoms with Crippen molar-refractivity contribution in [2.75, 3.05) is 6.61 Å². The van der Waals surface area contributed by atoms with E-state index in [0.29, 0.717) is 0 Å². The van der Waals surface area contributed by atoms with Crippen molar-refractivity contribution >= 4 is 0 Å². The van der Waals surface area contributed by atoms with Gasteiger partial charge in [-0.3, -0.25) is 0 Å². The van der Waals surface area contributed by atoms with Gasteiger partial charge >= 0.3 is 0 Å². The molecule has 0 aromatic heterocycles. The Hall–Kier alpha value is -0.200. The molecule has 0 aliphatic carbocycles. The van der Waals surface area contributed by atoms with Crippen molar-refractivity contribution in [2.24, 2.45) is 5.92 Å². The Balaban J connectivity index is 2.79. The third-order valence-electron chi connectivity index (χ3n) is 2.99. The zero-order valence-corrected chi connectivity index (χ0v) is 10.9. The van der Waals surface area contributed by atoms with Crippen LogP contribution in [0.3, 0.4) is 0 Å². The molecule has 1 saturated heterocycles. The minimum Gasteiger partial charge on any atom is -0.394 e. The van der Waals surface area contributed by atoms with E-state index in [2.05, 4.69) is 0 Å². The number of aliphatic hydroxyl groups is 3. The van der Waals surface area contributed by atoms with E-state index in [9.17, 15) is 15.3 Å². The van der Waals surface area contributed by atoms with Crippen molar-refractivity contribution in [1.29, 1.82) is 0 Å². The second-order valence-electron chi connectivity index (χ2n) is 5.20. The van der Waals surface area contributed by atoms with Crippen molar-refractivity contribution in [3.8, 4) is 0 Å². The van der Waals surface area contributed by atoms with Crippen LogP contribution in [0.4, 0.5) is 0 Å². The summed E-state index contributed by atoms with van der Waals surface area (Å²) in [6.45, 7) is 7.24. The van der Waals surface area contributed by atoms with Crippen LogP contribution in [0.15, 0.2) is 0 Å². The van der Waals surface area contributed by atoms with E-state index in [1.165, 1.54) is 0 Å². The average Bonchev–Trinajstić information content (AvgIpc) is 2.24. The van der Waals surface area contributed by atoms with E-state index < -0.39 is 30.5 Å². The molecular formula is C12H24O5. The van der Waals surface area contributed by atoms with Gasteiger partial charge in [-0.25, -0.2) is 0 Å². The molecule has 1 rings (SSSR count). The molecule has 5 atom stereocenters. The van der Waals surface area contributed by atoms with Crippen molar-refractivity contribution in [1.82, 2.24) is 0 Å². The molecule has 102 valence electrons. The van der Waals surface area contributed by atoms with Gasteiger partial charge < -0.3 is 24.8 Å². The molecular weight excluding hydrogens is 224 g/mol. The highest BCUT2D eigenvalue weighted by Gasteiger charge is 2.46. The third-order valence-corrected chi connectivity index (χ3v) is 2.99. The lowest BCUT2D eigenvalue weighted by atomic mass is 9.89. The molecule has 0 aromatic rings. The van der Waals surface area contributed by atoms with E-state index in [1.54, 1.807) is 0 Å². The van der Waals surface area contributed by atoms with Gasteiger partial charge in [0.1, 0.15) is 24.4 Å². The predicted molar refractivity (Wildman–Crippen MR) is 62.6 cm³/mol. The predicted octanol–water partition coefficient (Wildman–Crippen LogP) is -0.0825. The molecule has 1 heterocycles. The molecule has 17 heavy (non-hydrogen) atoms. The smallest absolute Gasteiger partial charge is 0.115 e. The van der Waals surface area contributed by atoms with Crippen LogP contribution in [-0.4, -0.2) is 58.6 Å². The van der Waals surface area contributed by atoms with Crippen LogP contribution in [0.1, 0.15) is 27.7 Å². The number of hydrogen-bond acceptors (Lipinski definition) is 5. The first-order chi connectivity index (χ1) is 7.88. The van der Waals surface area contributed by atoms with Crippen molar-refractivity contribution in [3.63, 3.8) is 0 Å². The lowest BCUT2D eigenvalue weighted by molar-refractivity contribution is -0.256.